The second-order valence-electron chi connectivity index (χ2n) is 7.43. The van der Waals surface area contributed by atoms with E-state index in [9.17, 15) is 19.5 Å². The highest BCUT2D eigenvalue weighted by Crippen LogP contribution is 2.25. The number of Topliss-reactive ketones (excluding diaryl/α,β-unsaturated/α-hetero) is 1. The number of aryl methyl sites for hydroxylation is 2. The van der Waals surface area contributed by atoms with Crippen LogP contribution in [0.15, 0.2) is 18.2 Å². The van der Waals surface area contributed by atoms with E-state index in [0.29, 0.717) is 18.5 Å². The monoisotopic (exact) mass is 343 g/mol. The maximum atomic E-state index is 12.4. The van der Waals surface area contributed by atoms with Crippen LogP contribution in [-0.2, 0) is 22.4 Å². The highest BCUT2D eigenvalue weighted by Gasteiger charge is 2.31. The van der Waals surface area contributed by atoms with E-state index < -0.39 is 11.9 Å². The molecule has 3 rings (SSSR count). The van der Waals surface area contributed by atoms with Gasteiger partial charge in [-0.1, -0.05) is 19.1 Å². The molecule has 25 heavy (non-hydrogen) atoms. The van der Waals surface area contributed by atoms with Crippen LogP contribution < -0.4 is 0 Å². The number of likely N-dealkylation sites (tertiary alicyclic amines) is 1. The molecule has 1 aliphatic heterocycles. The van der Waals surface area contributed by atoms with Crippen molar-refractivity contribution in [2.45, 2.75) is 45.4 Å². The van der Waals surface area contributed by atoms with Gasteiger partial charge >= 0.3 is 5.97 Å². The summed E-state index contributed by atoms with van der Waals surface area (Å²) in [5.41, 5.74) is 3.27. The highest BCUT2D eigenvalue weighted by molar-refractivity contribution is 5.98. The van der Waals surface area contributed by atoms with Crippen LogP contribution in [0.3, 0.4) is 0 Å². The van der Waals surface area contributed by atoms with Crippen molar-refractivity contribution < 1.29 is 19.5 Å². The number of carboxylic acid groups (broad SMARTS) is 1. The molecule has 1 amide bonds. The molecule has 0 aromatic heterocycles. The van der Waals surface area contributed by atoms with Gasteiger partial charge in [-0.3, -0.25) is 14.4 Å². The number of piperidine rings is 1. The number of rotatable bonds is 5. The summed E-state index contributed by atoms with van der Waals surface area (Å²) < 4.78 is 0. The molecular formula is C20H25NO4. The molecule has 0 radical (unpaired) electrons. The van der Waals surface area contributed by atoms with Gasteiger partial charge in [-0.05, 0) is 48.8 Å². The van der Waals surface area contributed by atoms with Crippen molar-refractivity contribution in [1.82, 2.24) is 4.90 Å². The lowest BCUT2D eigenvalue weighted by atomic mass is 9.90. The van der Waals surface area contributed by atoms with Crippen molar-refractivity contribution in [2.24, 2.45) is 11.8 Å². The number of carboxylic acids is 1. The SMILES string of the molecule is CC1CC(C(=O)O)CN(C(=O)CCC(=O)c2ccc3c(c2)CCC3)C1. The standard InChI is InChI=1S/C20H25NO4/c1-13-9-17(20(24)25)12-21(11-13)19(23)8-7-18(22)16-6-5-14-3-2-4-15(14)10-16/h5-6,10,13,17H,2-4,7-9,11-12H2,1H3,(H,24,25). The molecule has 1 fully saturated rings. The zero-order valence-corrected chi connectivity index (χ0v) is 14.7. The Morgan fingerprint density at radius 1 is 1.12 bits per heavy atom. The van der Waals surface area contributed by atoms with Gasteiger partial charge in [-0.25, -0.2) is 0 Å². The molecule has 2 aliphatic rings. The molecule has 5 nitrogen and oxygen atoms in total. The Morgan fingerprint density at radius 3 is 2.64 bits per heavy atom. The number of hydrogen-bond donors (Lipinski definition) is 1. The lowest BCUT2D eigenvalue weighted by Gasteiger charge is -2.34. The van der Waals surface area contributed by atoms with E-state index in [1.165, 1.54) is 11.1 Å². The third-order valence-electron chi connectivity index (χ3n) is 5.35. The van der Waals surface area contributed by atoms with Gasteiger partial charge in [0.25, 0.3) is 0 Å². The van der Waals surface area contributed by atoms with Gasteiger partial charge in [-0.15, -0.1) is 0 Å². The minimum absolute atomic E-state index is 0.0112. The summed E-state index contributed by atoms with van der Waals surface area (Å²) in [5, 5.41) is 9.21. The fourth-order valence-corrected chi connectivity index (χ4v) is 4.00. The molecule has 134 valence electrons. The Labute approximate surface area is 148 Å². The zero-order chi connectivity index (χ0) is 18.0. The Bertz CT molecular complexity index is 697. The molecule has 1 N–H and O–H groups in total. The lowest BCUT2D eigenvalue weighted by molar-refractivity contribution is -0.146. The number of carbonyl (C=O) groups is 3. The minimum atomic E-state index is -0.849. The topological polar surface area (TPSA) is 74.7 Å². The summed E-state index contributed by atoms with van der Waals surface area (Å²) in [6, 6.07) is 5.86. The van der Waals surface area contributed by atoms with Crippen molar-refractivity contribution >= 4 is 17.7 Å². The first-order valence-corrected chi connectivity index (χ1v) is 9.09. The molecule has 1 aromatic rings. The van der Waals surface area contributed by atoms with Gasteiger partial charge < -0.3 is 10.0 Å². The zero-order valence-electron chi connectivity index (χ0n) is 14.7. The van der Waals surface area contributed by atoms with Crippen molar-refractivity contribution in [2.75, 3.05) is 13.1 Å². The maximum absolute atomic E-state index is 12.4. The van der Waals surface area contributed by atoms with Gasteiger partial charge in [0.1, 0.15) is 0 Å². The third kappa shape index (κ3) is 4.09. The van der Waals surface area contributed by atoms with E-state index in [0.717, 1.165) is 19.3 Å². The summed E-state index contributed by atoms with van der Waals surface area (Å²) in [6.45, 7) is 2.80. The summed E-state index contributed by atoms with van der Waals surface area (Å²) in [6.07, 6.45) is 4.18. The number of benzene rings is 1. The van der Waals surface area contributed by atoms with Crippen LogP contribution in [0.25, 0.3) is 0 Å². The summed E-state index contributed by atoms with van der Waals surface area (Å²) in [5.74, 6) is -1.31. The van der Waals surface area contributed by atoms with Gasteiger partial charge in [-0.2, -0.15) is 0 Å². The van der Waals surface area contributed by atoms with Crippen molar-refractivity contribution in [3.05, 3.63) is 34.9 Å². The van der Waals surface area contributed by atoms with E-state index in [4.69, 9.17) is 0 Å². The largest absolute Gasteiger partial charge is 0.481 e. The molecule has 0 saturated carbocycles. The molecule has 2 unspecified atom stereocenters. The summed E-state index contributed by atoms with van der Waals surface area (Å²) >= 11 is 0. The second kappa shape index (κ2) is 7.38. The number of nitrogens with zero attached hydrogens (tertiary/aromatic N) is 1. The van der Waals surface area contributed by atoms with Gasteiger partial charge in [0.05, 0.1) is 5.92 Å². The number of hydrogen-bond acceptors (Lipinski definition) is 3. The predicted octanol–water partition coefficient (Wildman–Crippen LogP) is 2.71. The molecule has 0 spiro atoms. The molecule has 5 heteroatoms. The average molecular weight is 343 g/mol. The van der Waals surface area contributed by atoms with Gasteiger partial charge in [0.15, 0.2) is 5.78 Å². The normalized spacial score (nSPS) is 22.5. The average Bonchev–Trinajstić information content (AvgIpc) is 3.06. The third-order valence-corrected chi connectivity index (χ3v) is 5.35. The fourth-order valence-electron chi connectivity index (χ4n) is 4.00. The van der Waals surface area contributed by atoms with Gasteiger partial charge in [0.2, 0.25) is 5.91 Å². The number of amides is 1. The molecule has 1 aromatic carbocycles. The number of aliphatic carboxylic acids is 1. The van der Waals surface area contributed by atoms with Crippen LogP contribution in [-0.4, -0.2) is 40.8 Å². The van der Waals surface area contributed by atoms with Crippen LogP contribution in [0.1, 0.15) is 54.1 Å². The Morgan fingerprint density at radius 2 is 1.88 bits per heavy atom. The lowest BCUT2D eigenvalue weighted by Crippen LogP contribution is -2.45. The first kappa shape index (κ1) is 17.6. The number of carbonyl (C=O) groups excluding carboxylic acids is 2. The van der Waals surface area contributed by atoms with E-state index in [1.54, 1.807) is 4.90 Å². The Hall–Kier alpha value is -2.17. The van der Waals surface area contributed by atoms with Crippen LogP contribution in [0, 0.1) is 11.8 Å². The second-order valence-corrected chi connectivity index (χ2v) is 7.43. The van der Waals surface area contributed by atoms with Crippen molar-refractivity contribution in [3.8, 4) is 0 Å². The molecule has 1 heterocycles. The van der Waals surface area contributed by atoms with Crippen LogP contribution in [0.4, 0.5) is 0 Å². The first-order valence-electron chi connectivity index (χ1n) is 9.09. The fraction of sp³-hybridized carbons (Fsp3) is 0.550. The predicted molar refractivity (Wildman–Crippen MR) is 93.5 cm³/mol. The van der Waals surface area contributed by atoms with E-state index in [1.807, 2.05) is 25.1 Å². The number of ketones is 1. The molecular weight excluding hydrogens is 318 g/mol. The molecule has 0 bridgehead atoms. The van der Waals surface area contributed by atoms with Crippen LogP contribution >= 0.6 is 0 Å². The summed E-state index contributed by atoms with van der Waals surface area (Å²) in [7, 11) is 0. The Balaban J connectivity index is 1.56. The smallest absolute Gasteiger partial charge is 0.308 e. The van der Waals surface area contributed by atoms with E-state index >= 15 is 0 Å². The van der Waals surface area contributed by atoms with Crippen LogP contribution in [0.2, 0.25) is 0 Å². The van der Waals surface area contributed by atoms with Gasteiger partial charge in [0, 0.05) is 31.5 Å². The number of fused-ring (bicyclic) bond motifs is 1. The van der Waals surface area contributed by atoms with Crippen molar-refractivity contribution in [1.29, 1.82) is 0 Å². The van der Waals surface area contributed by atoms with E-state index in [2.05, 4.69) is 0 Å². The first-order chi connectivity index (χ1) is 11.9. The molecule has 1 aliphatic carbocycles. The summed E-state index contributed by atoms with van der Waals surface area (Å²) in [4.78, 5) is 37.7. The Kier molecular flexibility index (Phi) is 5.21. The van der Waals surface area contributed by atoms with Crippen LogP contribution in [0.5, 0.6) is 0 Å². The molecule has 2 atom stereocenters. The quantitative estimate of drug-likeness (QED) is 0.834. The van der Waals surface area contributed by atoms with Crippen molar-refractivity contribution in [3.63, 3.8) is 0 Å². The minimum Gasteiger partial charge on any atom is -0.481 e. The highest BCUT2D eigenvalue weighted by atomic mass is 16.4. The van der Waals surface area contributed by atoms with E-state index in [-0.39, 0.29) is 37.0 Å². The molecule has 1 saturated heterocycles. The maximum Gasteiger partial charge on any atom is 0.308 e.